The van der Waals surface area contributed by atoms with Gasteiger partial charge in [-0.25, -0.2) is 0 Å². The first-order valence-corrected chi connectivity index (χ1v) is 7.58. The molecule has 3 N–H and O–H groups in total. The molecule has 0 saturated heterocycles. The van der Waals surface area contributed by atoms with E-state index in [1.807, 2.05) is 6.92 Å². The van der Waals surface area contributed by atoms with Crippen molar-refractivity contribution in [2.45, 2.75) is 64.8 Å². The van der Waals surface area contributed by atoms with Crippen molar-refractivity contribution in [3.8, 4) is 0 Å². The fourth-order valence-corrected chi connectivity index (χ4v) is 2.93. The molecule has 1 aliphatic carbocycles. The maximum atomic E-state index is 12.1. The van der Waals surface area contributed by atoms with Crippen LogP contribution < -0.4 is 11.1 Å². The minimum absolute atomic E-state index is 0.0318. The molecule has 104 valence electrons. The molecule has 1 fully saturated rings. The normalized spacial score (nSPS) is 25.4. The first kappa shape index (κ1) is 15.4. The molecule has 1 atom stereocenters. The van der Waals surface area contributed by atoms with Crippen LogP contribution in [0.4, 0.5) is 0 Å². The summed E-state index contributed by atoms with van der Waals surface area (Å²) in [6.45, 7) is 4.29. The Bertz CT molecular complexity index is 286. The summed E-state index contributed by atoms with van der Waals surface area (Å²) in [6, 6.07) is 0.328. The van der Waals surface area contributed by atoms with Crippen LogP contribution in [0.2, 0.25) is 0 Å². The molecule has 3 nitrogen and oxygen atoms in total. The van der Waals surface area contributed by atoms with E-state index >= 15 is 0 Å². The van der Waals surface area contributed by atoms with Crippen molar-refractivity contribution in [3.63, 3.8) is 0 Å². The van der Waals surface area contributed by atoms with Crippen molar-refractivity contribution >= 4 is 23.1 Å². The van der Waals surface area contributed by atoms with E-state index in [2.05, 4.69) is 12.2 Å². The zero-order valence-electron chi connectivity index (χ0n) is 11.6. The number of nitrogens with one attached hydrogen (secondary N) is 1. The molecule has 0 bridgehead atoms. The number of carbonyl (C=O) groups is 1. The highest BCUT2D eigenvalue weighted by Crippen LogP contribution is 2.26. The maximum absolute atomic E-state index is 12.1. The van der Waals surface area contributed by atoms with Gasteiger partial charge in [-0.05, 0) is 38.0 Å². The highest BCUT2D eigenvalue weighted by Gasteiger charge is 2.25. The summed E-state index contributed by atoms with van der Waals surface area (Å²) in [5, 5.41) is 3.12. The van der Waals surface area contributed by atoms with E-state index in [-0.39, 0.29) is 11.8 Å². The van der Waals surface area contributed by atoms with Gasteiger partial charge in [-0.15, -0.1) is 0 Å². The Labute approximate surface area is 116 Å². The van der Waals surface area contributed by atoms with Crippen molar-refractivity contribution in [1.29, 1.82) is 0 Å². The summed E-state index contributed by atoms with van der Waals surface area (Å²) in [7, 11) is 0. The van der Waals surface area contributed by atoms with Gasteiger partial charge in [0.25, 0.3) is 0 Å². The number of carbonyl (C=O) groups excluding carboxylic acids is 1. The van der Waals surface area contributed by atoms with Crippen LogP contribution in [0.5, 0.6) is 0 Å². The van der Waals surface area contributed by atoms with Crippen molar-refractivity contribution in [2.24, 2.45) is 17.6 Å². The van der Waals surface area contributed by atoms with Gasteiger partial charge in [0.15, 0.2) is 0 Å². The average Bonchev–Trinajstić information content (AvgIpc) is 2.36. The molecule has 0 aromatic carbocycles. The third-order valence-corrected chi connectivity index (χ3v) is 4.29. The fourth-order valence-electron chi connectivity index (χ4n) is 2.71. The topological polar surface area (TPSA) is 55.1 Å². The first-order valence-electron chi connectivity index (χ1n) is 7.18. The van der Waals surface area contributed by atoms with Crippen LogP contribution in [-0.4, -0.2) is 16.9 Å². The molecule has 0 aromatic rings. The smallest absolute Gasteiger partial charge is 0.230 e. The lowest BCUT2D eigenvalue weighted by Gasteiger charge is -2.29. The summed E-state index contributed by atoms with van der Waals surface area (Å²) in [5.41, 5.74) is 5.64. The Morgan fingerprint density at radius 2 is 1.94 bits per heavy atom. The summed E-state index contributed by atoms with van der Waals surface area (Å²) in [6.07, 6.45) is 7.59. The Morgan fingerprint density at radius 3 is 2.39 bits per heavy atom. The predicted molar refractivity (Wildman–Crippen MR) is 79.4 cm³/mol. The van der Waals surface area contributed by atoms with Gasteiger partial charge in [-0.2, -0.15) is 0 Å². The van der Waals surface area contributed by atoms with Gasteiger partial charge in [0.1, 0.15) is 0 Å². The highest BCUT2D eigenvalue weighted by atomic mass is 32.1. The molecule has 4 heteroatoms. The van der Waals surface area contributed by atoms with Crippen LogP contribution in [0.1, 0.15) is 58.8 Å². The predicted octanol–water partition coefficient (Wildman–Crippen LogP) is 2.77. The molecule has 0 spiro atoms. The second kappa shape index (κ2) is 7.72. The number of rotatable bonds is 6. The van der Waals surface area contributed by atoms with Gasteiger partial charge in [0.2, 0.25) is 5.91 Å². The Morgan fingerprint density at radius 1 is 1.33 bits per heavy atom. The molecule has 1 amide bonds. The molecule has 1 saturated carbocycles. The Kier molecular flexibility index (Phi) is 6.61. The van der Waals surface area contributed by atoms with Gasteiger partial charge >= 0.3 is 0 Å². The zero-order valence-corrected chi connectivity index (χ0v) is 12.4. The number of nitrogens with two attached hydrogens (primary N) is 1. The quantitative estimate of drug-likeness (QED) is 0.730. The van der Waals surface area contributed by atoms with E-state index in [9.17, 15) is 4.79 Å². The molecule has 0 aliphatic heterocycles. The van der Waals surface area contributed by atoms with Crippen LogP contribution in [0.25, 0.3) is 0 Å². The lowest BCUT2D eigenvalue weighted by molar-refractivity contribution is -0.124. The average molecular weight is 270 g/mol. The molecular weight excluding hydrogens is 244 g/mol. The standard InChI is InChI=1S/C14H26N2OS/c1-3-5-12(13(15)18)14(17)16-11-8-6-10(4-2)7-9-11/h10-12H,3-9H2,1-2H3,(H2,15,18)(H,16,17). The van der Waals surface area contributed by atoms with E-state index in [0.717, 1.165) is 31.6 Å². The van der Waals surface area contributed by atoms with E-state index in [0.29, 0.717) is 11.0 Å². The molecule has 0 aromatic heterocycles. The Hall–Kier alpha value is -0.640. The lowest BCUT2D eigenvalue weighted by Crippen LogP contribution is -2.44. The molecular formula is C14H26N2OS. The van der Waals surface area contributed by atoms with Crippen molar-refractivity contribution in [1.82, 2.24) is 5.32 Å². The van der Waals surface area contributed by atoms with E-state index in [1.165, 1.54) is 19.3 Å². The van der Waals surface area contributed by atoms with Gasteiger partial charge in [0, 0.05) is 6.04 Å². The number of amides is 1. The van der Waals surface area contributed by atoms with Crippen LogP contribution >= 0.6 is 12.2 Å². The minimum Gasteiger partial charge on any atom is -0.393 e. The van der Waals surface area contributed by atoms with E-state index in [4.69, 9.17) is 18.0 Å². The van der Waals surface area contributed by atoms with Gasteiger partial charge < -0.3 is 11.1 Å². The second-order valence-corrected chi connectivity index (χ2v) is 5.85. The van der Waals surface area contributed by atoms with Crippen LogP contribution in [0.15, 0.2) is 0 Å². The SMILES string of the molecule is CCCC(C(=O)NC1CCC(CC)CC1)C(N)=S. The van der Waals surface area contributed by atoms with E-state index in [1.54, 1.807) is 0 Å². The molecule has 1 unspecified atom stereocenters. The summed E-state index contributed by atoms with van der Waals surface area (Å²) < 4.78 is 0. The van der Waals surface area contributed by atoms with Crippen LogP contribution in [0, 0.1) is 11.8 Å². The monoisotopic (exact) mass is 270 g/mol. The maximum Gasteiger partial charge on any atom is 0.230 e. The second-order valence-electron chi connectivity index (χ2n) is 5.38. The zero-order chi connectivity index (χ0) is 13.5. The minimum atomic E-state index is -0.283. The van der Waals surface area contributed by atoms with Crippen molar-refractivity contribution < 1.29 is 4.79 Å². The van der Waals surface area contributed by atoms with E-state index < -0.39 is 0 Å². The molecule has 1 aliphatic rings. The number of hydrogen-bond donors (Lipinski definition) is 2. The van der Waals surface area contributed by atoms with Crippen molar-refractivity contribution in [3.05, 3.63) is 0 Å². The summed E-state index contributed by atoms with van der Waals surface area (Å²) >= 11 is 4.98. The Balaban J connectivity index is 2.41. The first-order chi connectivity index (χ1) is 8.58. The number of thiocarbonyl (C=S) groups is 1. The largest absolute Gasteiger partial charge is 0.393 e. The van der Waals surface area contributed by atoms with Crippen molar-refractivity contribution in [2.75, 3.05) is 0 Å². The molecule has 0 radical (unpaired) electrons. The summed E-state index contributed by atoms with van der Waals surface area (Å²) in [5.74, 6) is 0.596. The molecule has 18 heavy (non-hydrogen) atoms. The van der Waals surface area contributed by atoms with Gasteiger partial charge in [-0.3, -0.25) is 4.79 Å². The lowest BCUT2D eigenvalue weighted by atomic mass is 9.84. The van der Waals surface area contributed by atoms with Crippen LogP contribution in [0.3, 0.4) is 0 Å². The van der Waals surface area contributed by atoms with Gasteiger partial charge in [-0.1, -0.05) is 38.9 Å². The van der Waals surface area contributed by atoms with Gasteiger partial charge in [0.05, 0.1) is 10.9 Å². The number of hydrogen-bond acceptors (Lipinski definition) is 2. The molecule has 1 rings (SSSR count). The molecule has 0 heterocycles. The third-order valence-electron chi connectivity index (χ3n) is 4.01. The third kappa shape index (κ3) is 4.56. The summed E-state index contributed by atoms with van der Waals surface area (Å²) in [4.78, 5) is 12.4. The fraction of sp³-hybridized carbons (Fsp3) is 0.857. The van der Waals surface area contributed by atoms with Crippen LogP contribution in [-0.2, 0) is 4.79 Å². The highest BCUT2D eigenvalue weighted by molar-refractivity contribution is 7.80.